The van der Waals surface area contributed by atoms with E-state index in [0.29, 0.717) is 12.2 Å². The number of hydrogen-bond acceptors (Lipinski definition) is 3. The molecule has 84 valence electrons. The van der Waals surface area contributed by atoms with Gasteiger partial charge in [-0.2, -0.15) is 0 Å². The van der Waals surface area contributed by atoms with E-state index in [1.807, 2.05) is 6.07 Å². The topological polar surface area (TPSA) is 55.0 Å². The van der Waals surface area contributed by atoms with Gasteiger partial charge >= 0.3 is 5.97 Å². The van der Waals surface area contributed by atoms with Crippen molar-refractivity contribution >= 4 is 17.0 Å². The molecule has 0 saturated carbocycles. The zero-order chi connectivity index (χ0) is 11.4. The molecule has 16 heavy (non-hydrogen) atoms. The van der Waals surface area contributed by atoms with Crippen LogP contribution in [0.25, 0.3) is 11.0 Å². The van der Waals surface area contributed by atoms with Crippen LogP contribution in [0.1, 0.15) is 30.1 Å². The summed E-state index contributed by atoms with van der Waals surface area (Å²) in [5.41, 5.74) is 1.29. The van der Waals surface area contributed by atoms with Crippen LogP contribution >= 0.6 is 0 Å². The van der Waals surface area contributed by atoms with Gasteiger partial charge in [0.05, 0.1) is 12.2 Å². The summed E-state index contributed by atoms with van der Waals surface area (Å²) in [4.78, 5) is 18.7. The molecule has 1 N–H and O–H groups in total. The molecule has 0 spiro atoms. The molecule has 0 atom stereocenters. The maximum atomic E-state index is 11.6. The van der Waals surface area contributed by atoms with Gasteiger partial charge in [0.15, 0.2) is 0 Å². The Hall–Kier alpha value is -1.84. The molecule has 0 saturated heterocycles. The number of nitrogens with one attached hydrogen (secondary N) is 1. The van der Waals surface area contributed by atoms with Gasteiger partial charge in [-0.05, 0) is 18.6 Å². The van der Waals surface area contributed by atoms with Crippen LogP contribution in [-0.2, 0) is 4.74 Å². The summed E-state index contributed by atoms with van der Waals surface area (Å²) in [6.45, 7) is 2.53. The summed E-state index contributed by atoms with van der Waals surface area (Å²) in [6.07, 6.45) is 5.24. The Morgan fingerprint density at radius 3 is 3.25 bits per heavy atom. The monoisotopic (exact) mass is 218 g/mol. The first kappa shape index (κ1) is 10.7. The summed E-state index contributed by atoms with van der Waals surface area (Å²) in [5, 5.41) is 0.921. The van der Waals surface area contributed by atoms with E-state index in [1.165, 1.54) is 6.20 Å². The van der Waals surface area contributed by atoms with Crippen LogP contribution in [0.15, 0.2) is 24.5 Å². The largest absolute Gasteiger partial charge is 0.462 e. The van der Waals surface area contributed by atoms with Crippen molar-refractivity contribution in [3.8, 4) is 0 Å². The first-order valence-corrected chi connectivity index (χ1v) is 5.41. The lowest BCUT2D eigenvalue weighted by molar-refractivity contribution is 0.0499. The first-order valence-electron chi connectivity index (χ1n) is 5.41. The minimum absolute atomic E-state index is 0.302. The van der Waals surface area contributed by atoms with Gasteiger partial charge in [-0.15, -0.1) is 0 Å². The lowest BCUT2D eigenvalue weighted by Crippen LogP contribution is -2.06. The fraction of sp³-hybridized carbons (Fsp3) is 0.333. The summed E-state index contributed by atoms with van der Waals surface area (Å²) >= 11 is 0. The third kappa shape index (κ3) is 2.21. The number of aromatic nitrogens is 2. The van der Waals surface area contributed by atoms with Gasteiger partial charge in [0.2, 0.25) is 0 Å². The molecule has 2 aromatic heterocycles. The highest BCUT2D eigenvalue weighted by molar-refractivity contribution is 5.93. The molecule has 0 aromatic carbocycles. The van der Waals surface area contributed by atoms with Crippen molar-refractivity contribution in [2.75, 3.05) is 6.61 Å². The Labute approximate surface area is 93.6 Å². The number of pyridine rings is 1. The van der Waals surface area contributed by atoms with Gasteiger partial charge in [0.25, 0.3) is 0 Å². The molecule has 0 bridgehead atoms. The molecular formula is C12H14N2O2. The second kappa shape index (κ2) is 4.79. The number of fused-ring (bicyclic) bond motifs is 1. The van der Waals surface area contributed by atoms with E-state index in [2.05, 4.69) is 16.9 Å². The van der Waals surface area contributed by atoms with Crippen molar-refractivity contribution in [2.24, 2.45) is 0 Å². The van der Waals surface area contributed by atoms with E-state index in [0.717, 1.165) is 23.9 Å². The van der Waals surface area contributed by atoms with E-state index in [-0.39, 0.29) is 5.97 Å². The normalized spacial score (nSPS) is 10.6. The number of hydrogen-bond donors (Lipinski definition) is 1. The van der Waals surface area contributed by atoms with Crippen molar-refractivity contribution in [1.82, 2.24) is 9.97 Å². The number of esters is 1. The third-order valence-corrected chi connectivity index (χ3v) is 2.37. The highest BCUT2D eigenvalue weighted by Gasteiger charge is 2.08. The number of aromatic amines is 1. The highest BCUT2D eigenvalue weighted by atomic mass is 16.5. The summed E-state index contributed by atoms with van der Waals surface area (Å²) in [5.74, 6) is -0.302. The van der Waals surface area contributed by atoms with E-state index in [4.69, 9.17) is 4.74 Å². The molecule has 2 heterocycles. The van der Waals surface area contributed by atoms with Gasteiger partial charge in [0, 0.05) is 17.8 Å². The van der Waals surface area contributed by atoms with Crippen LogP contribution < -0.4 is 0 Å². The van der Waals surface area contributed by atoms with Gasteiger partial charge in [0.1, 0.15) is 5.65 Å². The highest BCUT2D eigenvalue weighted by Crippen LogP contribution is 2.12. The predicted octanol–water partition coefficient (Wildman–Crippen LogP) is 2.52. The Bertz CT molecular complexity index is 490. The van der Waals surface area contributed by atoms with Crippen LogP contribution in [0.4, 0.5) is 0 Å². The van der Waals surface area contributed by atoms with Gasteiger partial charge in [-0.25, -0.2) is 9.78 Å². The maximum absolute atomic E-state index is 11.6. The number of H-pyrrole nitrogens is 1. The van der Waals surface area contributed by atoms with Crippen LogP contribution in [0, 0.1) is 0 Å². The zero-order valence-corrected chi connectivity index (χ0v) is 9.19. The molecule has 0 fully saturated rings. The van der Waals surface area contributed by atoms with Crippen molar-refractivity contribution in [3.63, 3.8) is 0 Å². The second-order valence-corrected chi connectivity index (χ2v) is 3.63. The van der Waals surface area contributed by atoms with E-state index in [1.54, 1.807) is 12.3 Å². The zero-order valence-electron chi connectivity index (χ0n) is 9.19. The number of ether oxygens (including phenoxy) is 1. The minimum Gasteiger partial charge on any atom is -0.462 e. The summed E-state index contributed by atoms with van der Waals surface area (Å²) in [7, 11) is 0. The molecule has 2 aromatic rings. The lowest BCUT2D eigenvalue weighted by Gasteiger charge is -2.03. The fourth-order valence-corrected chi connectivity index (χ4v) is 1.44. The molecule has 4 nitrogen and oxygen atoms in total. The SMILES string of the molecule is CCCCOC(=O)c1cnc2[nH]ccc2c1. The van der Waals surface area contributed by atoms with Gasteiger partial charge < -0.3 is 9.72 Å². The average Bonchev–Trinajstić information content (AvgIpc) is 2.76. The van der Waals surface area contributed by atoms with Crippen LogP contribution in [0.2, 0.25) is 0 Å². The minimum atomic E-state index is -0.302. The number of unbranched alkanes of at least 4 members (excludes halogenated alkanes) is 1. The first-order chi connectivity index (χ1) is 7.81. The molecule has 0 amide bonds. The molecule has 0 unspecified atom stereocenters. The standard InChI is InChI=1S/C12H14N2O2/c1-2-3-6-16-12(15)10-7-9-4-5-13-11(9)14-8-10/h4-5,7-8H,2-3,6H2,1H3,(H,13,14). The summed E-state index contributed by atoms with van der Waals surface area (Å²) < 4.78 is 5.10. The molecule has 0 aliphatic carbocycles. The predicted molar refractivity (Wildman–Crippen MR) is 61.3 cm³/mol. The van der Waals surface area contributed by atoms with E-state index in [9.17, 15) is 4.79 Å². The van der Waals surface area contributed by atoms with Crippen LogP contribution in [0.3, 0.4) is 0 Å². The van der Waals surface area contributed by atoms with Crippen molar-refractivity contribution < 1.29 is 9.53 Å². The van der Waals surface area contributed by atoms with Crippen LogP contribution in [0.5, 0.6) is 0 Å². The Kier molecular flexibility index (Phi) is 3.19. The van der Waals surface area contributed by atoms with Crippen LogP contribution in [-0.4, -0.2) is 22.5 Å². The van der Waals surface area contributed by atoms with Crippen molar-refractivity contribution in [2.45, 2.75) is 19.8 Å². The molecule has 4 heteroatoms. The Morgan fingerprint density at radius 2 is 2.44 bits per heavy atom. The molecule has 0 aliphatic rings. The second-order valence-electron chi connectivity index (χ2n) is 3.63. The maximum Gasteiger partial charge on any atom is 0.339 e. The number of carbonyl (C=O) groups excluding carboxylic acids is 1. The number of rotatable bonds is 4. The van der Waals surface area contributed by atoms with E-state index < -0.39 is 0 Å². The van der Waals surface area contributed by atoms with E-state index >= 15 is 0 Å². The third-order valence-electron chi connectivity index (χ3n) is 2.37. The lowest BCUT2D eigenvalue weighted by atomic mass is 10.2. The van der Waals surface area contributed by atoms with Gasteiger partial charge in [-0.1, -0.05) is 13.3 Å². The molecule has 2 rings (SSSR count). The average molecular weight is 218 g/mol. The number of nitrogens with zero attached hydrogens (tertiary/aromatic N) is 1. The molecular weight excluding hydrogens is 204 g/mol. The Morgan fingerprint density at radius 1 is 1.56 bits per heavy atom. The van der Waals surface area contributed by atoms with Gasteiger partial charge in [-0.3, -0.25) is 0 Å². The van der Waals surface area contributed by atoms with Crippen molar-refractivity contribution in [1.29, 1.82) is 0 Å². The summed E-state index contributed by atoms with van der Waals surface area (Å²) in [6, 6.07) is 3.66. The number of carbonyl (C=O) groups is 1. The molecule has 0 radical (unpaired) electrons. The Balaban J connectivity index is 2.10. The quantitative estimate of drug-likeness (QED) is 0.633. The molecule has 0 aliphatic heterocycles. The smallest absolute Gasteiger partial charge is 0.339 e. The van der Waals surface area contributed by atoms with Crippen molar-refractivity contribution in [3.05, 3.63) is 30.1 Å². The fourth-order valence-electron chi connectivity index (χ4n) is 1.44.